The molecule has 0 radical (unpaired) electrons. The summed E-state index contributed by atoms with van der Waals surface area (Å²) in [6.45, 7) is 6.84. The molecule has 2 aliphatic rings. The zero-order chi connectivity index (χ0) is 22.5. The van der Waals surface area contributed by atoms with Gasteiger partial charge in [0.25, 0.3) is 0 Å². The molecule has 6 heteroatoms. The van der Waals surface area contributed by atoms with Crippen molar-refractivity contribution in [2.45, 2.75) is 44.6 Å². The highest BCUT2D eigenvalue weighted by Gasteiger charge is 2.45. The van der Waals surface area contributed by atoms with Crippen molar-refractivity contribution in [1.29, 1.82) is 0 Å². The summed E-state index contributed by atoms with van der Waals surface area (Å²) in [5.74, 6) is -0.341. The number of benzene rings is 1. The van der Waals surface area contributed by atoms with Crippen LogP contribution < -0.4 is 0 Å². The molecule has 0 aromatic heterocycles. The van der Waals surface area contributed by atoms with E-state index in [1.165, 1.54) is 7.11 Å². The van der Waals surface area contributed by atoms with E-state index in [4.69, 9.17) is 27.9 Å². The Labute approximate surface area is 194 Å². The Morgan fingerprint density at radius 2 is 2.06 bits per heavy atom. The molecule has 3 rings (SSSR count). The van der Waals surface area contributed by atoms with Crippen LogP contribution >= 0.6 is 23.2 Å². The zero-order valence-electron chi connectivity index (χ0n) is 18.0. The van der Waals surface area contributed by atoms with E-state index in [0.717, 1.165) is 24.0 Å². The summed E-state index contributed by atoms with van der Waals surface area (Å²) >= 11 is 12.5. The second kappa shape index (κ2) is 10.5. The molecular weight excluding hydrogens is 433 g/mol. The number of hydrogen-bond acceptors (Lipinski definition) is 3. The molecule has 1 aliphatic heterocycles. The molecule has 31 heavy (non-hydrogen) atoms. The maximum Gasteiger partial charge on any atom is 0.306 e. The zero-order valence-corrected chi connectivity index (χ0v) is 19.5. The number of esters is 1. The minimum absolute atomic E-state index is 0.00717. The Bertz CT molecular complexity index is 904. The van der Waals surface area contributed by atoms with Crippen molar-refractivity contribution in [2.24, 2.45) is 11.8 Å². The molecule has 1 aliphatic carbocycles. The van der Waals surface area contributed by atoms with Crippen LogP contribution in [0.4, 0.5) is 0 Å². The Morgan fingerprint density at radius 1 is 1.32 bits per heavy atom. The first kappa shape index (κ1) is 23.6. The number of allylic oxidation sites excluding steroid dienone is 3. The molecule has 1 saturated carbocycles. The molecule has 1 aromatic rings. The molecule has 0 N–H and O–H groups in total. The van der Waals surface area contributed by atoms with E-state index in [-0.39, 0.29) is 30.3 Å². The summed E-state index contributed by atoms with van der Waals surface area (Å²) < 4.78 is 4.86. The quantitative estimate of drug-likeness (QED) is 0.359. The predicted octanol–water partition coefficient (Wildman–Crippen LogP) is 5.87. The molecular formula is C25H29Cl2NO3. The van der Waals surface area contributed by atoms with Gasteiger partial charge in [-0.3, -0.25) is 9.59 Å². The molecule has 0 spiro atoms. The van der Waals surface area contributed by atoms with Gasteiger partial charge in [-0.15, -0.1) is 0 Å². The van der Waals surface area contributed by atoms with Gasteiger partial charge in [-0.1, -0.05) is 54.1 Å². The van der Waals surface area contributed by atoms with Crippen LogP contribution in [0.1, 0.15) is 44.1 Å². The highest BCUT2D eigenvalue weighted by molar-refractivity contribution is 6.31. The summed E-state index contributed by atoms with van der Waals surface area (Å²) in [6.07, 6.45) is 8.34. The second-order valence-electron chi connectivity index (χ2n) is 8.34. The Hall–Kier alpha value is -2.04. The van der Waals surface area contributed by atoms with Crippen LogP contribution in [0.5, 0.6) is 0 Å². The fourth-order valence-corrected chi connectivity index (χ4v) is 4.52. The lowest BCUT2D eigenvalue weighted by atomic mass is 9.74. The van der Waals surface area contributed by atoms with E-state index in [0.29, 0.717) is 28.9 Å². The van der Waals surface area contributed by atoms with E-state index in [1.54, 1.807) is 12.2 Å². The van der Waals surface area contributed by atoms with Crippen molar-refractivity contribution in [3.63, 3.8) is 0 Å². The number of amides is 1. The van der Waals surface area contributed by atoms with Gasteiger partial charge in [0.05, 0.1) is 19.6 Å². The minimum atomic E-state index is -0.428. The number of carbonyl (C=O) groups is 2. The van der Waals surface area contributed by atoms with Crippen molar-refractivity contribution in [2.75, 3.05) is 13.7 Å². The lowest BCUT2D eigenvalue weighted by Gasteiger charge is -2.45. The molecule has 1 saturated heterocycles. The van der Waals surface area contributed by atoms with Crippen LogP contribution in [0, 0.1) is 11.8 Å². The van der Waals surface area contributed by atoms with Crippen LogP contribution in [0.2, 0.25) is 5.02 Å². The minimum Gasteiger partial charge on any atom is -0.469 e. The number of rotatable bonds is 8. The smallest absolute Gasteiger partial charge is 0.306 e. The highest BCUT2D eigenvalue weighted by Crippen LogP contribution is 2.43. The normalized spacial score (nSPS) is 24.5. The number of carbonyl (C=O) groups excluding carboxylic acids is 2. The summed E-state index contributed by atoms with van der Waals surface area (Å²) in [5, 5.41) is 1.25. The Morgan fingerprint density at radius 3 is 2.68 bits per heavy atom. The first-order valence-corrected chi connectivity index (χ1v) is 11.4. The summed E-state index contributed by atoms with van der Waals surface area (Å²) in [6, 6.07) is 7.50. The summed E-state index contributed by atoms with van der Waals surface area (Å²) in [7, 11) is 1.35. The van der Waals surface area contributed by atoms with Gasteiger partial charge in [0.1, 0.15) is 0 Å². The third-order valence-corrected chi connectivity index (χ3v) is 6.65. The number of piperidine rings is 1. The topological polar surface area (TPSA) is 46.6 Å². The first-order valence-electron chi connectivity index (χ1n) is 10.7. The number of likely N-dealkylation sites (tertiary alicyclic amines) is 1. The average molecular weight is 462 g/mol. The standard InChI is InChI=1S/C25H29Cl2NO3/c1-4-20(26)11-8-16(2)24-22(18-6-5-7-21(27)12-18)13-19(14-23(29)31-3)25(30)28(24)15-17-9-10-17/h4-8,11-12,17,19,22,24H,2,9-10,13-15H2,1,3H3/b11-8-,20-4+/t19-,22+,24+/m0/s1. The highest BCUT2D eigenvalue weighted by atomic mass is 35.5. The molecule has 166 valence electrons. The van der Waals surface area contributed by atoms with Crippen molar-refractivity contribution >= 4 is 35.1 Å². The second-order valence-corrected chi connectivity index (χ2v) is 9.21. The fraction of sp³-hybridized carbons (Fsp3) is 0.440. The average Bonchev–Trinajstić information content (AvgIpc) is 3.58. The van der Waals surface area contributed by atoms with Gasteiger partial charge in [-0.2, -0.15) is 0 Å². The molecule has 4 nitrogen and oxygen atoms in total. The number of nitrogens with zero attached hydrogens (tertiary/aromatic N) is 1. The van der Waals surface area contributed by atoms with Gasteiger partial charge in [0.2, 0.25) is 5.91 Å². The third kappa shape index (κ3) is 6.02. The third-order valence-electron chi connectivity index (χ3n) is 6.07. The maximum atomic E-state index is 13.5. The fourth-order valence-electron chi connectivity index (χ4n) is 4.26. The van der Waals surface area contributed by atoms with Crippen molar-refractivity contribution in [3.05, 3.63) is 70.3 Å². The van der Waals surface area contributed by atoms with Crippen LogP contribution in [-0.4, -0.2) is 36.5 Å². The van der Waals surface area contributed by atoms with Gasteiger partial charge >= 0.3 is 5.97 Å². The molecule has 3 atom stereocenters. The van der Waals surface area contributed by atoms with Gasteiger partial charge in [0, 0.05) is 28.4 Å². The number of ether oxygens (including phenoxy) is 1. The van der Waals surface area contributed by atoms with Crippen molar-refractivity contribution in [1.82, 2.24) is 4.90 Å². The summed E-state index contributed by atoms with van der Waals surface area (Å²) in [4.78, 5) is 27.4. The van der Waals surface area contributed by atoms with Crippen molar-refractivity contribution in [3.8, 4) is 0 Å². The first-order chi connectivity index (χ1) is 14.8. The van der Waals surface area contributed by atoms with Crippen LogP contribution in [0.25, 0.3) is 0 Å². The lowest BCUT2D eigenvalue weighted by Crippen LogP contribution is -2.53. The van der Waals surface area contributed by atoms with Crippen LogP contribution in [0.15, 0.2) is 59.7 Å². The monoisotopic (exact) mass is 461 g/mol. The maximum absolute atomic E-state index is 13.5. The van der Waals surface area contributed by atoms with Gasteiger partial charge < -0.3 is 9.64 Å². The van der Waals surface area contributed by atoms with E-state index in [2.05, 4.69) is 6.58 Å². The van der Waals surface area contributed by atoms with E-state index in [9.17, 15) is 9.59 Å². The van der Waals surface area contributed by atoms with Gasteiger partial charge in [-0.05, 0) is 61.4 Å². The molecule has 1 heterocycles. The number of halogens is 2. The summed E-state index contributed by atoms with van der Waals surface area (Å²) in [5.41, 5.74) is 1.85. The molecule has 0 bridgehead atoms. The van der Waals surface area contributed by atoms with Gasteiger partial charge in [0.15, 0.2) is 0 Å². The number of hydrogen-bond donors (Lipinski definition) is 0. The largest absolute Gasteiger partial charge is 0.469 e. The SMILES string of the molecule is C=C(/C=C\C(Cl)=C/C)[C@@H]1[C@@H](c2cccc(Cl)c2)C[C@@H](CC(=O)OC)C(=O)N1CC1CC1. The molecule has 1 aromatic carbocycles. The van der Waals surface area contributed by atoms with Crippen LogP contribution in [0.3, 0.4) is 0 Å². The van der Waals surface area contributed by atoms with Gasteiger partial charge in [-0.25, -0.2) is 0 Å². The van der Waals surface area contributed by atoms with E-state index >= 15 is 0 Å². The van der Waals surface area contributed by atoms with E-state index in [1.807, 2.05) is 42.2 Å². The van der Waals surface area contributed by atoms with Crippen molar-refractivity contribution < 1.29 is 14.3 Å². The Balaban J connectivity index is 2.01. The molecule has 2 fully saturated rings. The Kier molecular flexibility index (Phi) is 8.01. The van der Waals surface area contributed by atoms with Crippen LogP contribution in [-0.2, 0) is 14.3 Å². The lowest BCUT2D eigenvalue weighted by molar-refractivity contribution is -0.150. The van der Waals surface area contributed by atoms with E-state index < -0.39 is 5.92 Å². The predicted molar refractivity (Wildman–Crippen MR) is 125 cm³/mol. The molecule has 0 unspecified atom stereocenters. The number of methoxy groups -OCH3 is 1. The molecule has 1 amide bonds.